The maximum atomic E-state index is 13.8. The average molecular weight is 376 g/mol. The van der Waals surface area contributed by atoms with Crippen molar-refractivity contribution >= 4 is 22.6 Å². The van der Waals surface area contributed by atoms with Crippen molar-refractivity contribution in [1.29, 1.82) is 0 Å². The molecule has 2 aromatic heterocycles. The van der Waals surface area contributed by atoms with Crippen molar-refractivity contribution in [3.05, 3.63) is 72.7 Å². The van der Waals surface area contributed by atoms with Gasteiger partial charge in [0.2, 0.25) is 0 Å². The third-order valence-corrected chi connectivity index (χ3v) is 4.24. The molecule has 27 heavy (non-hydrogen) atoms. The van der Waals surface area contributed by atoms with Crippen LogP contribution in [0.3, 0.4) is 0 Å². The lowest BCUT2D eigenvalue weighted by Gasteiger charge is -2.14. The van der Waals surface area contributed by atoms with Crippen LogP contribution in [0.2, 0.25) is 0 Å². The summed E-state index contributed by atoms with van der Waals surface area (Å²) in [7, 11) is 3.94. The Balaban J connectivity index is 2.30. The van der Waals surface area contributed by atoms with Gasteiger partial charge in [-0.2, -0.15) is 0 Å². The predicted molar refractivity (Wildman–Crippen MR) is 94.0 cm³/mol. The number of carbonyl (C=O) groups is 1. The highest BCUT2D eigenvalue weighted by atomic mass is 19.1. The van der Waals surface area contributed by atoms with Crippen LogP contribution >= 0.6 is 0 Å². The lowest BCUT2D eigenvalue weighted by atomic mass is 10.1. The summed E-state index contributed by atoms with van der Waals surface area (Å²) in [5.41, 5.74) is -2.81. The summed E-state index contributed by atoms with van der Waals surface area (Å²) in [5, 5.41) is 2.03. The Hall–Kier alpha value is -3.56. The molecule has 0 aliphatic carbocycles. The Morgan fingerprint density at radius 3 is 2.26 bits per heavy atom. The number of hydrogen-bond acceptors (Lipinski definition) is 4. The van der Waals surface area contributed by atoms with Gasteiger partial charge >= 0.3 is 5.69 Å². The monoisotopic (exact) mass is 376 g/mol. The van der Waals surface area contributed by atoms with Crippen molar-refractivity contribution in [1.82, 2.24) is 13.7 Å². The van der Waals surface area contributed by atoms with Crippen molar-refractivity contribution in [3.63, 3.8) is 0 Å². The highest BCUT2D eigenvalue weighted by Crippen LogP contribution is 2.18. The van der Waals surface area contributed by atoms with E-state index in [9.17, 15) is 28.0 Å². The van der Waals surface area contributed by atoms with Gasteiger partial charge in [-0.15, -0.1) is 0 Å². The zero-order valence-electron chi connectivity index (χ0n) is 14.5. The number of pyridine rings is 1. The molecule has 0 unspecified atom stereocenters. The van der Waals surface area contributed by atoms with Crippen LogP contribution in [-0.4, -0.2) is 19.6 Å². The van der Waals surface area contributed by atoms with Gasteiger partial charge in [-0.05, 0) is 12.1 Å². The van der Waals surface area contributed by atoms with Crippen molar-refractivity contribution in [2.45, 2.75) is 0 Å². The largest absolute Gasteiger partial charge is 0.332 e. The van der Waals surface area contributed by atoms with E-state index in [1.54, 1.807) is 0 Å². The number of amides is 1. The minimum atomic E-state index is -1.02. The fourth-order valence-electron chi connectivity index (χ4n) is 2.82. The Morgan fingerprint density at radius 2 is 1.63 bits per heavy atom. The molecule has 140 valence electrons. The molecule has 8 nitrogen and oxygen atoms in total. The maximum absolute atomic E-state index is 13.8. The first kappa shape index (κ1) is 18.2. The van der Waals surface area contributed by atoms with Crippen molar-refractivity contribution in [3.8, 4) is 0 Å². The van der Waals surface area contributed by atoms with Gasteiger partial charge in [-0.1, -0.05) is 0 Å². The third-order valence-electron chi connectivity index (χ3n) is 4.24. The normalized spacial score (nSPS) is 11.0. The number of nitrogens with one attached hydrogen (secondary N) is 1. The Bertz CT molecular complexity index is 1290. The number of rotatable bonds is 2. The number of aromatic nitrogens is 3. The first-order valence-corrected chi connectivity index (χ1v) is 7.69. The number of aryl methyl sites for hydroxylation is 2. The second-order valence-corrected chi connectivity index (χ2v) is 5.94. The molecule has 10 heteroatoms. The zero-order valence-corrected chi connectivity index (χ0v) is 14.5. The van der Waals surface area contributed by atoms with Gasteiger partial charge in [0.25, 0.3) is 17.0 Å². The van der Waals surface area contributed by atoms with E-state index >= 15 is 0 Å². The van der Waals surface area contributed by atoms with Gasteiger partial charge in [0, 0.05) is 33.3 Å². The predicted octanol–water partition coefficient (Wildman–Crippen LogP) is 0.466. The fraction of sp³-hybridized carbons (Fsp3) is 0.176. The van der Waals surface area contributed by atoms with E-state index in [0.717, 1.165) is 31.9 Å². The Kier molecular flexibility index (Phi) is 4.26. The van der Waals surface area contributed by atoms with Crippen molar-refractivity contribution < 1.29 is 13.6 Å². The van der Waals surface area contributed by atoms with Crippen LogP contribution in [0.25, 0.3) is 11.0 Å². The molecule has 0 radical (unpaired) electrons. The van der Waals surface area contributed by atoms with Crippen LogP contribution in [-0.2, 0) is 21.1 Å². The van der Waals surface area contributed by atoms with Crippen molar-refractivity contribution in [2.75, 3.05) is 5.32 Å². The molecule has 1 amide bonds. The van der Waals surface area contributed by atoms with Gasteiger partial charge in [0.05, 0.1) is 16.6 Å². The standard InChI is InChI=1S/C17H14F2N4O4/c1-21-12(24)7-9(13-15(21)22(2)17(27)23(3)16(13)26)14(25)20-11-5-4-8(18)6-10(11)19/h4-7H,1-3H3,(H,20,25). The lowest BCUT2D eigenvalue weighted by molar-refractivity contribution is 0.102. The molecule has 0 atom stereocenters. The molecular weight excluding hydrogens is 362 g/mol. The molecule has 1 N–H and O–H groups in total. The molecule has 0 saturated heterocycles. The summed E-state index contributed by atoms with van der Waals surface area (Å²) in [6.07, 6.45) is 0. The molecule has 3 aromatic rings. The van der Waals surface area contributed by atoms with Gasteiger partial charge in [0.1, 0.15) is 17.3 Å². The summed E-state index contributed by atoms with van der Waals surface area (Å²) < 4.78 is 29.8. The van der Waals surface area contributed by atoms with Gasteiger partial charge in [0.15, 0.2) is 0 Å². The highest BCUT2D eigenvalue weighted by Gasteiger charge is 2.21. The second-order valence-electron chi connectivity index (χ2n) is 5.94. The summed E-state index contributed by atoms with van der Waals surface area (Å²) in [6, 6.07) is 3.47. The molecule has 0 saturated carbocycles. The van der Waals surface area contributed by atoms with E-state index in [1.807, 2.05) is 0 Å². The minimum Gasteiger partial charge on any atom is -0.319 e. The van der Waals surface area contributed by atoms with Crippen molar-refractivity contribution in [2.24, 2.45) is 21.1 Å². The summed E-state index contributed by atoms with van der Waals surface area (Å²) in [6.45, 7) is 0. The smallest absolute Gasteiger partial charge is 0.319 e. The summed E-state index contributed by atoms with van der Waals surface area (Å²) in [4.78, 5) is 49.6. The van der Waals surface area contributed by atoms with E-state index in [1.165, 1.54) is 21.1 Å². The number of carbonyl (C=O) groups excluding carboxylic acids is 1. The van der Waals surface area contributed by atoms with Crippen LogP contribution in [0, 0.1) is 11.6 Å². The van der Waals surface area contributed by atoms with E-state index in [4.69, 9.17) is 0 Å². The van der Waals surface area contributed by atoms with E-state index in [-0.39, 0.29) is 22.3 Å². The van der Waals surface area contributed by atoms with E-state index in [2.05, 4.69) is 5.32 Å². The number of nitrogens with zero attached hydrogens (tertiary/aromatic N) is 3. The maximum Gasteiger partial charge on any atom is 0.332 e. The number of fused-ring (bicyclic) bond motifs is 1. The second kappa shape index (κ2) is 6.31. The summed E-state index contributed by atoms with van der Waals surface area (Å²) in [5.74, 6) is -2.79. The number of hydrogen-bond donors (Lipinski definition) is 1. The molecule has 0 bridgehead atoms. The highest BCUT2D eigenvalue weighted by molar-refractivity contribution is 6.11. The fourth-order valence-corrected chi connectivity index (χ4v) is 2.82. The minimum absolute atomic E-state index is 0.0553. The first-order valence-electron chi connectivity index (χ1n) is 7.69. The molecule has 3 rings (SSSR count). The number of anilines is 1. The topological polar surface area (TPSA) is 95.1 Å². The molecule has 1 aromatic carbocycles. The van der Waals surface area contributed by atoms with E-state index in [0.29, 0.717) is 6.07 Å². The first-order chi connectivity index (χ1) is 12.6. The quantitative estimate of drug-likeness (QED) is 0.703. The molecule has 2 heterocycles. The molecule has 0 aliphatic heterocycles. The average Bonchev–Trinajstić information content (AvgIpc) is 2.62. The van der Waals surface area contributed by atoms with E-state index < -0.39 is 34.3 Å². The van der Waals surface area contributed by atoms with Crippen LogP contribution in [0.4, 0.5) is 14.5 Å². The molecule has 0 spiro atoms. The van der Waals surface area contributed by atoms with Crippen LogP contribution in [0.1, 0.15) is 10.4 Å². The van der Waals surface area contributed by atoms with Crippen LogP contribution < -0.4 is 22.1 Å². The summed E-state index contributed by atoms with van der Waals surface area (Å²) >= 11 is 0. The van der Waals surface area contributed by atoms with Gasteiger partial charge in [-0.25, -0.2) is 13.6 Å². The molecule has 0 fully saturated rings. The Labute approximate surface area is 149 Å². The van der Waals surface area contributed by atoms with Gasteiger partial charge < -0.3 is 5.32 Å². The number of benzene rings is 1. The lowest BCUT2D eigenvalue weighted by Crippen LogP contribution is -2.40. The SMILES string of the molecule is Cn1c(=O)c2c(C(=O)Nc3ccc(F)cc3F)cc(=O)n(C)c2n(C)c1=O. The van der Waals surface area contributed by atoms with Gasteiger partial charge in [-0.3, -0.25) is 28.1 Å². The van der Waals surface area contributed by atoms with Crippen LogP contribution in [0.15, 0.2) is 38.6 Å². The van der Waals surface area contributed by atoms with Crippen LogP contribution in [0.5, 0.6) is 0 Å². The molecular formula is C17H14F2N4O4. The molecule has 0 aliphatic rings. The third kappa shape index (κ3) is 2.84. The Morgan fingerprint density at radius 1 is 0.963 bits per heavy atom. The zero-order chi connectivity index (χ0) is 20.0. The number of halogens is 2.